The highest BCUT2D eigenvalue weighted by Gasteiger charge is 2.44. The van der Waals surface area contributed by atoms with E-state index in [1.54, 1.807) is 0 Å². The van der Waals surface area contributed by atoms with Crippen LogP contribution in [0.1, 0.15) is 51.0 Å². The van der Waals surface area contributed by atoms with Gasteiger partial charge in [-0.05, 0) is 55.9 Å². The van der Waals surface area contributed by atoms with Gasteiger partial charge in [0, 0.05) is 12.1 Å². The van der Waals surface area contributed by atoms with E-state index in [0.717, 1.165) is 37.1 Å². The van der Waals surface area contributed by atoms with Crippen molar-refractivity contribution in [2.75, 3.05) is 0 Å². The van der Waals surface area contributed by atoms with Gasteiger partial charge in [0.2, 0.25) is 0 Å². The van der Waals surface area contributed by atoms with Crippen molar-refractivity contribution in [1.29, 1.82) is 0 Å². The van der Waals surface area contributed by atoms with Crippen LogP contribution in [-0.4, -0.2) is 6.11 Å². The Morgan fingerprint density at radius 3 is 2.00 bits per heavy atom. The lowest BCUT2D eigenvalue weighted by molar-refractivity contribution is -0.223. The zero-order valence-corrected chi connectivity index (χ0v) is 19.2. The lowest BCUT2D eigenvalue weighted by Gasteiger charge is -2.33. The van der Waals surface area contributed by atoms with Crippen molar-refractivity contribution in [3.05, 3.63) is 65.9 Å². The standard InChI is InChI=1S/C25H24F8O3/c1-2-3-15-4-6-16(7-5-15)24(30,31)35-18-10-8-17(9-11-18)25(32,33)36-19-12-20(26)23(21(27)13-19)34-14-22(28)29/h8-16H,2-7H2,1H3. The van der Waals surface area contributed by atoms with Gasteiger partial charge in [-0.3, -0.25) is 0 Å². The Labute approximate surface area is 202 Å². The summed E-state index contributed by atoms with van der Waals surface area (Å²) in [5.41, 5.74) is -0.804. The van der Waals surface area contributed by atoms with E-state index in [1.165, 1.54) is 0 Å². The molecule has 2 aromatic rings. The van der Waals surface area contributed by atoms with Gasteiger partial charge in [0.15, 0.2) is 23.6 Å². The van der Waals surface area contributed by atoms with Crippen molar-refractivity contribution in [3.63, 3.8) is 0 Å². The molecule has 1 aliphatic carbocycles. The second-order valence-corrected chi connectivity index (χ2v) is 8.55. The van der Waals surface area contributed by atoms with Crippen molar-refractivity contribution < 1.29 is 49.3 Å². The number of hydrogen-bond donors (Lipinski definition) is 0. The van der Waals surface area contributed by atoms with Crippen LogP contribution in [0.5, 0.6) is 17.2 Å². The molecule has 0 aliphatic heterocycles. The third-order valence-corrected chi connectivity index (χ3v) is 5.95. The highest BCUT2D eigenvalue weighted by atomic mass is 19.3. The smallest absolute Gasteiger partial charge is 0.426 e. The van der Waals surface area contributed by atoms with Gasteiger partial charge >= 0.3 is 18.3 Å². The molecule has 0 bridgehead atoms. The van der Waals surface area contributed by atoms with Gasteiger partial charge in [0.25, 0.3) is 0 Å². The van der Waals surface area contributed by atoms with E-state index in [2.05, 4.69) is 9.47 Å². The van der Waals surface area contributed by atoms with E-state index in [0.29, 0.717) is 43.7 Å². The zero-order valence-electron chi connectivity index (χ0n) is 19.2. The maximum atomic E-state index is 14.6. The van der Waals surface area contributed by atoms with Gasteiger partial charge in [0.1, 0.15) is 11.5 Å². The largest absolute Gasteiger partial charge is 0.453 e. The first-order chi connectivity index (χ1) is 16.9. The molecule has 0 N–H and O–H groups in total. The van der Waals surface area contributed by atoms with Crippen LogP contribution in [0.4, 0.5) is 35.1 Å². The van der Waals surface area contributed by atoms with Crippen LogP contribution in [0.2, 0.25) is 0 Å². The van der Waals surface area contributed by atoms with Crippen molar-refractivity contribution >= 4 is 0 Å². The quantitative estimate of drug-likeness (QED) is 0.230. The van der Waals surface area contributed by atoms with Crippen LogP contribution < -0.4 is 14.2 Å². The highest BCUT2D eigenvalue weighted by molar-refractivity contribution is 5.36. The van der Waals surface area contributed by atoms with E-state index in [1.807, 2.05) is 6.92 Å². The number of alkyl halides is 4. The number of rotatable bonds is 10. The lowest BCUT2D eigenvalue weighted by atomic mass is 9.79. The summed E-state index contributed by atoms with van der Waals surface area (Å²) in [6.07, 6.45) is -6.24. The van der Waals surface area contributed by atoms with Crippen molar-refractivity contribution in [1.82, 2.24) is 0 Å². The predicted molar refractivity (Wildman–Crippen MR) is 114 cm³/mol. The second kappa shape index (κ2) is 11.4. The molecule has 0 aromatic heterocycles. The Morgan fingerprint density at radius 2 is 1.47 bits per heavy atom. The molecule has 0 saturated heterocycles. The minimum atomic E-state index is -4.12. The summed E-state index contributed by atoms with van der Waals surface area (Å²) in [5.74, 6) is -6.21. The molecule has 0 heterocycles. The zero-order chi connectivity index (χ0) is 26.5. The van der Waals surface area contributed by atoms with Gasteiger partial charge in [-0.2, -0.15) is 26.3 Å². The molecule has 11 heteroatoms. The molecule has 2 aromatic carbocycles. The Hall–Kier alpha value is -2.98. The van der Waals surface area contributed by atoms with Crippen molar-refractivity contribution in [3.8, 4) is 17.2 Å². The van der Waals surface area contributed by atoms with Crippen molar-refractivity contribution in [2.45, 2.75) is 57.7 Å². The topological polar surface area (TPSA) is 27.7 Å². The maximum Gasteiger partial charge on any atom is 0.426 e. The predicted octanol–water partition coefficient (Wildman–Crippen LogP) is 8.79. The molecule has 0 radical (unpaired) electrons. The summed E-state index contributed by atoms with van der Waals surface area (Å²) >= 11 is 0. The van der Waals surface area contributed by atoms with Gasteiger partial charge < -0.3 is 14.2 Å². The van der Waals surface area contributed by atoms with Crippen LogP contribution in [-0.2, 0) is 6.11 Å². The van der Waals surface area contributed by atoms with Gasteiger partial charge in [-0.25, -0.2) is 8.78 Å². The first-order valence-corrected chi connectivity index (χ1v) is 11.3. The molecule has 1 aliphatic rings. The fourth-order valence-electron chi connectivity index (χ4n) is 4.17. The number of benzene rings is 2. The van der Waals surface area contributed by atoms with Crippen LogP contribution in [0.25, 0.3) is 0 Å². The Morgan fingerprint density at radius 1 is 0.889 bits per heavy atom. The molecular weight excluding hydrogens is 500 g/mol. The minimum Gasteiger partial charge on any atom is -0.453 e. The van der Waals surface area contributed by atoms with E-state index in [9.17, 15) is 35.1 Å². The molecule has 198 valence electrons. The molecule has 1 fully saturated rings. The fourth-order valence-corrected chi connectivity index (χ4v) is 4.17. The number of halogens is 8. The summed E-state index contributed by atoms with van der Waals surface area (Å²) in [5, 5.41) is 0. The normalized spacial score (nSPS) is 18.5. The van der Waals surface area contributed by atoms with Gasteiger partial charge in [-0.15, -0.1) is 0 Å². The molecule has 0 amide bonds. The van der Waals surface area contributed by atoms with Crippen molar-refractivity contribution in [2.24, 2.45) is 11.8 Å². The van der Waals surface area contributed by atoms with Crippen LogP contribution in [0.3, 0.4) is 0 Å². The molecule has 0 unspecified atom stereocenters. The van der Waals surface area contributed by atoms with Crippen LogP contribution >= 0.6 is 0 Å². The highest BCUT2D eigenvalue weighted by Crippen LogP contribution is 2.42. The number of hydrogen-bond acceptors (Lipinski definition) is 3. The number of ether oxygens (including phenoxy) is 3. The van der Waals surface area contributed by atoms with Gasteiger partial charge in [-0.1, -0.05) is 19.8 Å². The Balaban J connectivity index is 1.65. The summed E-state index contributed by atoms with van der Waals surface area (Å²) in [6.45, 7) is 2.04. The monoisotopic (exact) mass is 524 g/mol. The third-order valence-electron chi connectivity index (χ3n) is 5.95. The molecule has 36 heavy (non-hydrogen) atoms. The first kappa shape index (κ1) is 27.6. The Kier molecular flexibility index (Phi) is 8.73. The summed E-state index contributed by atoms with van der Waals surface area (Å²) in [7, 11) is 0. The molecular formula is C25H24F8O3. The molecule has 0 spiro atoms. The third kappa shape index (κ3) is 7.04. The van der Waals surface area contributed by atoms with E-state index >= 15 is 0 Å². The van der Waals surface area contributed by atoms with Crippen LogP contribution in [0.15, 0.2) is 48.7 Å². The SMILES string of the molecule is CCCC1CCC(C(F)(F)Oc2ccc(C(F)(F)Oc3cc(F)c(OC=C(F)F)c(F)c3)cc2)CC1. The summed E-state index contributed by atoms with van der Waals surface area (Å²) in [6, 6.07) is 4.04. The van der Waals surface area contributed by atoms with E-state index in [-0.39, 0.29) is 12.0 Å². The first-order valence-electron chi connectivity index (χ1n) is 11.3. The fraction of sp³-hybridized carbons (Fsp3) is 0.440. The Bertz CT molecular complexity index is 1020. The average molecular weight is 524 g/mol. The molecule has 0 atom stereocenters. The molecule has 1 saturated carbocycles. The van der Waals surface area contributed by atoms with Crippen LogP contribution in [0, 0.1) is 23.5 Å². The van der Waals surface area contributed by atoms with Gasteiger partial charge in [0.05, 0.1) is 11.5 Å². The molecule has 3 nitrogen and oxygen atoms in total. The van der Waals surface area contributed by atoms with E-state index in [4.69, 9.17) is 4.74 Å². The summed E-state index contributed by atoms with van der Waals surface area (Å²) in [4.78, 5) is 0. The average Bonchev–Trinajstić information content (AvgIpc) is 2.79. The minimum absolute atomic E-state index is 0.221. The second-order valence-electron chi connectivity index (χ2n) is 8.55. The maximum absolute atomic E-state index is 14.6. The van der Waals surface area contributed by atoms with E-state index < -0.39 is 52.9 Å². The molecule has 3 rings (SSSR count). The lowest BCUT2D eigenvalue weighted by Crippen LogP contribution is -2.37. The summed E-state index contributed by atoms with van der Waals surface area (Å²) < 4.78 is 124.